The molecule has 1 N–H and O–H groups in total. The lowest BCUT2D eigenvalue weighted by molar-refractivity contribution is -0.137. The molecule has 0 bridgehead atoms. The molecule has 26 heavy (non-hydrogen) atoms. The molecule has 0 fully saturated rings. The predicted octanol–water partition coefficient (Wildman–Crippen LogP) is 3.01. The molecule has 0 amide bonds. The fraction of sp³-hybridized carbons (Fsp3) is 0.222. The number of aromatic nitrogens is 3. The molecule has 5 nitrogen and oxygen atoms in total. The van der Waals surface area contributed by atoms with Crippen LogP contribution in [0.2, 0.25) is 0 Å². The molecule has 0 radical (unpaired) electrons. The molecule has 0 aliphatic heterocycles. The molecule has 3 rings (SSSR count). The molecule has 1 heterocycles. The third-order valence-electron chi connectivity index (χ3n) is 3.96. The quantitative estimate of drug-likeness (QED) is 0.778. The number of hydrogen-bond donors (Lipinski definition) is 1. The summed E-state index contributed by atoms with van der Waals surface area (Å²) in [6, 6.07) is 9.81. The van der Waals surface area contributed by atoms with Gasteiger partial charge in [-0.1, -0.05) is 18.2 Å². The van der Waals surface area contributed by atoms with E-state index in [4.69, 9.17) is 0 Å². The summed E-state index contributed by atoms with van der Waals surface area (Å²) in [5.74, 6) is 0. The van der Waals surface area contributed by atoms with Crippen LogP contribution in [-0.4, -0.2) is 14.3 Å². The van der Waals surface area contributed by atoms with Crippen LogP contribution in [0.4, 0.5) is 13.2 Å². The van der Waals surface area contributed by atoms with Crippen molar-refractivity contribution in [3.05, 3.63) is 85.7 Å². The molecule has 0 unspecified atom stereocenters. The lowest BCUT2D eigenvalue weighted by Crippen LogP contribution is -2.29. The van der Waals surface area contributed by atoms with Gasteiger partial charge in [-0.2, -0.15) is 13.2 Å². The molecule has 1 aromatic heterocycles. The number of alkyl halides is 3. The van der Waals surface area contributed by atoms with Crippen molar-refractivity contribution < 1.29 is 13.2 Å². The van der Waals surface area contributed by atoms with E-state index in [-0.39, 0.29) is 6.54 Å². The van der Waals surface area contributed by atoms with Crippen molar-refractivity contribution in [1.29, 1.82) is 0 Å². The number of benzene rings is 2. The molecule has 136 valence electrons. The van der Waals surface area contributed by atoms with Gasteiger partial charge in [0.15, 0.2) is 0 Å². The average Bonchev–Trinajstić information content (AvgIpc) is 2.82. The highest BCUT2D eigenvalue weighted by molar-refractivity contribution is 5.38. The van der Waals surface area contributed by atoms with Crippen molar-refractivity contribution >= 4 is 0 Å². The van der Waals surface area contributed by atoms with E-state index in [2.05, 4.69) is 5.10 Å². The first-order valence-electron chi connectivity index (χ1n) is 7.82. The van der Waals surface area contributed by atoms with Crippen LogP contribution in [0.3, 0.4) is 0 Å². The highest BCUT2D eigenvalue weighted by Gasteiger charge is 2.29. The second-order valence-electron chi connectivity index (χ2n) is 6.16. The number of rotatable bonds is 3. The van der Waals surface area contributed by atoms with Crippen molar-refractivity contribution in [3.63, 3.8) is 0 Å². The summed E-state index contributed by atoms with van der Waals surface area (Å²) >= 11 is 0. The summed E-state index contributed by atoms with van der Waals surface area (Å²) in [5, 5.41) is 2.47. The summed E-state index contributed by atoms with van der Waals surface area (Å²) in [4.78, 5) is 24.7. The van der Waals surface area contributed by atoms with Gasteiger partial charge in [0.2, 0.25) is 0 Å². The summed E-state index contributed by atoms with van der Waals surface area (Å²) in [6.45, 7) is 3.63. The van der Waals surface area contributed by atoms with E-state index in [1.807, 2.05) is 19.9 Å². The van der Waals surface area contributed by atoms with Gasteiger partial charge in [0.25, 0.3) is 0 Å². The Kier molecular flexibility index (Phi) is 4.35. The van der Waals surface area contributed by atoms with E-state index in [1.165, 1.54) is 12.1 Å². The van der Waals surface area contributed by atoms with Gasteiger partial charge >= 0.3 is 17.6 Å². The Hall–Kier alpha value is -3.03. The number of halogens is 3. The van der Waals surface area contributed by atoms with Crippen molar-refractivity contribution in [2.45, 2.75) is 26.6 Å². The van der Waals surface area contributed by atoms with E-state index in [9.17, 15) is 22.8 Å². The van der Waals surface area contributed by atoms with Gasteiger partial charge in [0.05, 0.1) is 17.8 Å². The van der Waals surface area contributed by atoms with E-state index in [0.29, 0.717) is 11.3 Å². The lowest BCUT2D eigenvalue weighted by atomic mass is 10.1. The minimum absolute atomic E-state index is 0.121. The zero-order chi connectivity index (χ0) is 19.1. The first kappa shape index (κ1) is 17.8. The first-order chi connectivity index (χ1) is 12.1. The summed E-state index contributed by atoms with van der Waals surface area (Å²) in [7, 11) is 0. The molecule has 0 atom stereocenters. The van der Waals surface area contributed by atoms with Gasteiger partial charge in [0.1, 0.15) is 0 Å². The molecule has 0 aliphatic rings. The topological polar surface area (TPSA) is 59.8 Å². The highest BCUT2D eigenvalue weighted by atomic mass is 19.4. The fourth-order valence-corrected chi connectivity index (χ4v) is 2.79. The third-order valence-corrected chi connectivity index (χ3v) is 3.96. The van der Waals surface area contributed by atoms with Crippen LogP contribution in [0, 0.1) is 13.8 Å². The molecular weight excluding hydrogens is 347 g/mol. The van der Waals surface area contributed by atoms with Gasteiger partial charge in [0, 0.05) is 0 Å². The van der Waals surface area contributed by atoms with Crippen molar-refractivity contribution in [2.24, 2.45) is 0 Å². The largest absolute Gasteiger partial charge is 0.416 e. The second kappa shape index (κ2) is 6.36. The standard InChI is InChI=1S/C18H16F3N3O2/c1-11-7-12(2)9-15(8-11)24-17(26)23(16(25)22-24)10-13-3-5-14(6-4-13)18(19,20)21/h3-9H,10H2,1-2H3,(H,22,25). The second-order valence-corrected chi connectivity index (χ2v) is 6.16. The number of aryl methyl sites for hydroxylation is 2. The molecule has 2 aromatic carbocycles. The maximum Gasteiger partial charge on any atom is 0.416 e. The zero-order valence-corrected chi connectivity index (χ0v) is 14.1. The minimum atomic E-state index is -4.43. The van der Waals surface area contributed by atoms with Crippen LogP contribution in [0.5, 0.6) is 0 Å². The Morgan fingerprint density at radius 3 is 2.08 bits per heavy atom. The Balaban J connectivity index is 1.96. The summed E-state index contributed by atoms with van der Waals surface area (Å²) < 4.78 is 39.9. The molecule has 0 saturated heterocycles. The fourth-order valence-electron chi connectivity index (χ4n) is 2.79. The van der Waals surface area contributed by atoms with Crippen LogP contribution >= 0.6 is 0 Å². The van der Waals surface area contributed by atoms with Crippen molar-refractivity contribution in [2.75, 3.05) is 0 Å². The van der Waals surface area contributed by atoms with Gasteiger partial charge < -0.3 is 0 Å². The average molecular weight is 363 g/mol. The van der Waals surface area contributed by atoms with Crippen LogP contribution in [-0.2, 0) is 12.7 Å². The SMILES string of the molecule is Cc1cc(C)cc(-n2[nH]c(=O)n(Cc3ccc(C(F)(F)F)cc3)c2=O)c1. The van der Waals surface area contributed by atoms with Crippen molar-refractivity contribution in [1.82, 2.24) is 14.3 Å². The molecule has 3 aromatic rings. The van der Waals surface area contributed by atoms with E-state index >= 15 is 0 Å². The van der Waals surface area contributed by atoms with Gasteiger partial charge in [-0.3, -0.25) is 0 Å². The van der Waals surface area contributed by atoms with Gasteiger partial charge in [-0.05, 0) is 54.8 Å². The summed E-state index contributed by atoms with van der Waals surface area (Å²) in [5.41, 5.74) is 0.815. The van der Waals surface area contributed by atoms with Crippen LogP contribution in [0.1, 0.15) is 22.3 Å². The summed E-state index contributed by atoms with van der Waals surface area (Å²) in [6.07, 6.45) is -4.43. The Morgan fingerprint density at radius 2 is 1.54 bits per heavy atom. The number of nitrogens with one attached hydrogen (secondary N) is 1. The van der Waals surface area contributed by atoms with Gasteiger partial charge in [-0.15, -0.1) is 0 Å². The third kappa shape index (κ3) is 3.49. The van der Waals surface area contributed by atoms with Crippen LogP contribution in [0.15, 0.2) is 52.1 Å². The Bertz CT molecular complexity index is 1040. The highest BCUT2D eigenvalue weighted by Crippen LogP contribution is 2.29. The molecule has 0 spiro atoms. The minimum Gasteiger partial charge on any atom is -0.246 e. The molecule has 0 saturated carbocycles. The normalized spacial score (nSPS) is 11.7. The molecular formula is C18H16F3N3O2. The van der Waals surface area contributed by atoms with E-state index in [0.717, 1.165) is 32.5 Å². The van der Waals surface area contributed by atoms with Crippen LogP contribution < -0.4 is 11.4 Å². The van der Waals surface area contributed by atoms with Crippen LogP contribution in [0.25, 0.3) is 5.69 Å². The van der Waals surface area contributed by atoms with E-state index < -0.39 is 23.1 Å². The number of nitrogens with zero attached hydrogens (tertiary/aromatic N) is 2. The Morgan fingerprint density at radius 1 is 0.962 bits per heavy atom. The number of aromatic amines is 1. The predicted molar refractivity (Wildman–Crippen MR) is 90.7 cm³/mol. The molecule has 8 heteroatoms. The Labute approximate surface area is 146 Å². The number of H-pyrrole nitrogens is 1. The lowest BCUT2D eigenvalue weighted by Gasteiger charge is -2.07. The number of hydrogen-bond acceptors (Lipinski definition) is 2. The maximum absolute atomic E-state index is 12.6. The monoisotopic (exact) mass is 363 g/mol. The first-order valence-corrected chi connectivity index (χ1v) is 7.82. The van der Waals surface area contributed by atoms with E-state index in [1.54, 1.807) is 12.1 Å². The smallest absolute Gasteiger partial charge is 0.246 e. The molecule has 0 aliphatic carbocycles. The maximum atomic E-state index is 12.6. The van der Waals surface area contributed by atoms with Crippen molar-refractivity contribution in [3.8, 4) is 5.69 Å². The van der Waals surface area contributed by atoms with Gasteiger partial charge in [-0.25, -0.2) is 23.9 Å². The zero-order valence-electron chi connectivity index (χ0n) is 14.1.